The smallest absolute Gasteiger partial charge is 0.382 e. The van der Waals surface area contributed by atoms with E-state index >= 15 is 0 Å². The zero-order valence-corrected chi connectivity index (χ0v) is 19.4. The summed E-state index contributed by atoms with van der Waals surface area (Å²) < 4.78 is 71.9. The number of anilines is 2. The first-order valence-corrected chi connectivity index (χ1v) is 10.7. The monoisotopic (exact) mass is 541 g/mol. The third-order valence-corrected chi connectivity index (χ3v) is 5.68. The molecule has 0 saturated heterocycles. The van der Waals surface area contributed by atoms with Gasteiger partial charge in [-0.05, 0) is 24.3 Å². The van der Waals surface area contributed by atoms with Crippen LogP contribution in [-0.4, -0.2) is 24.7 Å². The number of pyridine rings is 1. The van der Waals surface area contributed by atoms with Crippen LogP contribution in [0.15, 0.2) is 49.6 Å². The number of hydrogen-bond acceptors (Lipinski definition) is 6. The topological polar surface area (TPSA) is 94.5 Å². The van der Waals surface area contributed by atoms with Gasteiger partial charge in [-0.15, -0.1) is 0 Å². The van der Waals surface area contributed by atoms with E-state index in [4.69, 9.17) is 28.9 Å². The summed E-state index contributed by atoms with van der Waals surface area (Å²) in [5, 5.41) is 6.13. The first-order chi connectivity index (χ1) is 17.0. The van der Waals surface area contributed by atoms with Crippen molar-refractivity contribution < 1.29 is 22.0 Å². The minimum absolute atomic E-state index is 0.0448. The maximum absolute atomic E-state index is 14.8. The van der Waals surface area contributed by atoms with E-state index in [2.05, 4.69) is 31.9 Å². The largest absolute Gasteiger partial charge is 0.434 e. The van der Waals surface area contributed by atoms with Gasteiger partial charge in [0.15, 0.2) is 11.5 Å². The molecule has 0 bridgehead atoms. The van der Waals surface area contributed by atoms with Gasteiger partial charge in [-0.3, -0.25) is 0 Å². The number of hydrogen-bond donors (Lipinski definition) is 2. The third kappa shape index (κ3) is 4.95. The Morgan fingerprint density at radius 2 is 1.81 bits per heavy atom. The molecule has 0 amide bonds. The molecule has 3 heterocycles. The van der Waals surface area contributed by atoms with Gasteiger partial charge in [0.25, 0.3) is 0 Å². The van der Waals surface area contributed by atoms with Crippen molar-refractivity contribution in [1.29, 1.82) is 0 Å². The lowest BCUT2D eigenvalue weighted by Gasteiger charge is -2.16. The van der Waals surface area contributed by atoms with E-state index in [0.717, 1.165) is 24.7 Å². The molecule has 0 atom stereocenters. The van der Waals surface area contributed by atoms with Gasteiger partial charge in [0.1, 0.15) is 28.8 Å². The van der Waals surface area contributed by atoms with Gasteiger partial charge in [0, 0.05) is 35.1 Å². The Bertz CT molecular complexity index is 1450. The molecule has 0 aliphatic rings. The Kier molecular flexibility index (Phi) is 6.83. The second-order valence-corrected chi connectivity index (χ2v) is 8.13. The normalized spacial score (nSPS) is 11.5. The number of alkyl halides is 3. The molecule has 0 aliphatic carbocycles. The lowest BCUT2D eigenvalue weighted by Crippen LogP contribution is -2.17. The first-order valence-electron chi connectivity index (χ1n) is 9.92. The van der Waals surface area contributed by atoms with Crippen molar-refractivity contribution >= 4 is 40.4 Å². The molecule has 3 N–H and O–H groups in total. The molecular formula is C22H14Cl2F5N7. The SMILES string of the molecule is C=C(Nc1cc(F)c(Cc2ncnc(N)c2Cl)c(F)c1)c1cnn(-c2ncccc2Cl)c1C(F)(F)F. The first kappa shape index (κ1) is 25.3. The predicted molar refractivity (Wildman–Crippen MR) is 125 cm³/mol. The zero-order chi connectivity index (χ0) is 26.2. The second kappa shape index (κ2) is 9.70. The summed E-state index contributed by atoms with van der Waals surface area (Å²) in [5.41, 5.74) is 3.10. The third-order valence-electron chi connectivity index (χ3n) is 4.97. The lowest BCUT2D eigenvalue weighted by atomic mass is 10.1. The summed E-state index contributed by atoms with van der Waals surface area (Å²) in [6.45, 7) is 3.58. The van der Waals surface area contributed by atoms with Crippen LogP contribution in [0.4, 0.5) is 33.5 Å². The molecule has 36 heavy (non-hydrogen) atoms. The van der Waals surface area contributed by atoms with Crippen LogP contribution in [0.25, 0.3) is 11.5 Å². The van der Waals surface area contributed by atoms with Crippen molar-refractivity contribution in [2.24, 2.45) is 0 Å². The van der Waals surface area contributed by atoms with E-state index in [1.165, 1.54) is 18.3 Å². The molecule has 0 unspecified atom stereocenters. The molecule has 3 aromatic heterocycles. The molecule has 0 spiro atoms. The highest BCUT2D eigenvalue weighted by atomic mass is 35.5. The Morgan fingerprint density at radius 3 is 2.44 bits per heavy atom. The highest BCUT2D eigenvalue weighted by molar-refractivity contribution is 6.33. The van der Waals surface area contributed by atoms with E-state index in [0.29, 0.717) is 4.68 Å². The number of halogens is 7. The summed E-state index contributed by atoms with van der Waals surface area (Å²) in [7, 11) is 0. The van der Waals surface area contributed by atoms with Gasteiger partial charge in [0.2, 0.25) is 0 Å². The highest BCUT2D eigenvalue weighted by Gasteiger charge is 2.40. The fourth-order valence-corrected chi connectivity index (χ4v) is 3.70. The van der Waals surface area contributed by atoms with Gasteiger partial charge >= 0.3 is 6.18 Å². The number of benzene rings is 1. The lowest BCUT2D eigenvalue weighted by molar-refractivity contribution is -0.143. The molecule has 1 aromatic carbocycles. The Hall–Kier alpha value is -3.77. The number of nitrogens with one attached hydrogen (secondary N) is 1. The quantitative estimate of drug-likeness (QED) is 0.294. The van der Waals surface area contributed by atoms with Crippen LogP contribution in [0.3, 0.4) is 0 Å². The van der Waals surface area contributed by atoms with E-state index < -0.39 is 29.1 Å². The van der Waals surface area contributed by atoms with Crippen LogP contribution in [0.5, 0.6) is 0 Å². The Balaban J connectivity index is 1.65. The second-order valence-electron chi connectivity index (χ2n) is 7.34. The summed E-state index contributed by atoms with van der Waals surface area (Å²) in [4.78, 5) is 11.4. The van der Waals surface area contributed by atoms with E-state index in [-0.39, 0.29) is 50.7 Å². The van der Waals surface area contributed by atoms with Crippen molar-refractivity contribution in [3.8, 4) is 5.82 Å². The Morgan fingerprint density at radius 1 is 1.11 bits per heavy atom. The standard InChI is InChI=1S/C22H14Cl2F5N7/c1-10(13-8-34-36(19(13)22(27,28)29)21-14(23)3-2-4-31-21)35-11-5-15(25)12(16(26)6-11)7-17-18(24)20(30)33-9-32-17/h2-6,8-9,35H,1,7H2,(H2,30,32,33). The van der Waals surface area contributed by atoms with E-state index in [1.807, 2.05) is 0 Å². The molecule has 4 aromatic rings. The number of aromatic nitrogens is 5. The summed E-state index contributed by atoms with van der Waals surface area (Å²) in [6.07, 6.45) is -1.98. The predicted octanol–water partition coefficient (Wildman–Crippen LogP) is 5.92. The number of nitrogens with two attached hydrogens (primary N) is 1. The van der Waals surface area contributed by atoms with Gasteiger partial charge < -0.3 is 11.1 Å². The molecule has 0 saturated carbocycles. The fraction of sp³-hybridized carbons (Fsp3) is 0.0909. The Labute approximate surface area is 210 Å². The molecule has 0 aliphatic heterocycles. The molecule has 4 rings (SSSR count). The van der Waals surface area contributed by atoms with Crippen LogP contribution in [0, 0.1) is 11.6 Å². The maximum Gasteiger partial charge on any atom is 0.434 e. The van der Waals surface area contributed by atoms with Crippen molar-refractivity contribution in [2.45, 2.75) is 12.6 Å². The summed E-state index contributed by atoms with van der Waals surface area (Å²) in [5.74, 6) is -2.29. The van der Waals surface area contributed by atoms with Crippen LogP contribution >= 0.6 is 23.2 Å². The fourth-order valence-electron chi connectivity index (χ4n) is 3.33. The van der Waals surface area contributed by atoms with Gasteiger partial charge in [-0.2, -0.15) is 18.3 Å². The molecular weight excluding hydrogens is 528 g/mol. The van der Waals surface area contributed by atoms with Crippen LogP contribution in [-0.2, 0) is 12.6 Å². The van der Waals surface area contributed by atoms with Crippen molar-refractivity contribution in [1.82, 2.24) is 24.7 Å². The van der Waals surface area contributed by atoms with Crippen LogP contribution in [0.2, 0.25) is 10.0 Å². The van der Waals surface area contributed by atoms with Crippen LogP contribution in [0.1, 0.15) is 22.5 Å². The van der Waals surface area contributed by atoms with E-state index in [9.17, 15) is 22.0 Å². The summed E-state index contributed by atoms with van der Waals surface area (Å²) in [6, 6.07) is 4.60. The number of nitrogen functional groups attached to an aromatic ring is 1. The molecule has 186 valence electrons. The van der Waals surface area contributed by atoms with Gasteiger partial charge in [-0.1, -0.05) is 29.8 Å². The molecule has 7 nitrogen and oxygen atoms in total. The summed E-state index contributed by atoms with van der Waals surface area (Å²) >= 11 is 12.0. The van der Waals surface area contributed by atoms with Crippen molar-refractivity contribution in [3.05, 3.63) is 93.8 Å². The van der Waals surface area contributed by atoms with Crippen molar-refractivity contribution in [3.63, 3.8) is 0 Å². The van der Waals surface area contributed by atoms with Gasteiger partial charge in [-0.25, -0.2) is 28.4 Å². The average molecular weight is 542 g/mol. The average Bonchev–Trinajstić information content (AvgIpc) is 3.25. The number of rotatable bonds is 6. The van der Waals surface area contributed by atoms with Gasteiger partial charge in [0.05, 0.1) is 16.9 Å². The molecule has 0 radical (unpaired) electrons. The molecule has 14 heteroatoms. The zero-order valence-electron chi connectivity index (χ0n) is 17.9. The maximum atomic E-state index is 14.8. The van der Waals surface area contributed by atoms with Crippen molar-refractivity contribution in [2.75, 3.05) is 11.1 Å². The minimum Gasteiger partial charge on any atom is -0.382 e. The van der Waals surface area contributed by atoms with Crippen LogP contribution < -0.4 is 11.1 Å². The molecule has 0 fully saturated rings. The number of nitrogens with zero attached hydrogens (tertiary/aromatic N) is 5. The minimum atomic E-state index is -4.89. The van der Waals surface area contributed by atoms with E-state index in [1.54, 1.807) is 0 Å². The highest BCUT2D eigenvalue weighted by Crippen LogP contribution is 2.37.